The molecule has 0 saturated carbocycles. The minimum atomic E-state index is 0.00518. The molecule has 4 rings (SSSR count). The molecular formula is C26H36ClN5O2. The highest BCUT2D eigenvalue weighted by atomic mass is 35.5. The van der Waals surface area contributed by atoms with Crippen molar-refractivity contribution >= 4 is 23.5 Å². The molecule has 3 heterocycles. The Kier molecular flexibility index (Phi) is 8.62. The van der Waals surface area contributed by atoms with Crippen molar-refractivity contribution in [2.24, 2.45) is 5.92 Å². The molecule has 1 amide bonds. The fourth-order valence-corrected chi connectivity index (χ4v) is 5.15. The van der Waals surface area contributed by atoms with Crippen molar-refractivity contribution in [1.82, 2.24) is 20.6 Å². The zero-order valence-corrected chi connectivity index (χ0v) is 21.0. The second-order valence-corrected chi connectivity index (χ2v) is 9.99. The van der Waals surface area contributed by atoms with Crippen LogP contribution in [0, 0.1) is 19.8 Å². The zero-order valence-electron chi connectivity index (χ0n) is 20.3. The summed E-state index contributed by atoms with van der Waals surface area (Å²) in [5.41, 5.74) is 2.69. The summed E-state index contributed by atoms with van der Waals surface area (Å²) in [4.78, 5) is 23.6. The quantitative estimate of drug-likeness (QED) is 0.515. The minimum Gasteiger partial charge on any atom is -0.494 e. The standard InChI is InChI=1S/C26H36ClN5O2/c1-18-13-23(14-19(2)24(18)25(33)29-17-22-6-3-9-28-22)34-12-4-5-20-7-10-32(11-8-20)26-30-15-21(27)16-31-26/h13-16,20,22,28H,3-12,17H2,1-2H3,(H,29,33)/t22-/m0/s1. The molecule has 1 atom stereocenters. The van der Waals surface area contributed by atoms with E-state index < -0.39 is 0 Å². The Morgan fingerprint density at radius 1 is 1.18 bits per heavy atom. The van der Waals surface area contributed by atoms with Crippen molar-refractivity contribution in [2.75, 3.05) is 37.7 Å². The zero-order chi connectivity index (χ0) is 23.9. The molecule has 2 aliphatic heterocycles. The number of nitrogens with zero attached hydrogens (tertiary/aromatic N) is 3. The second kappa shape index (κ2) is 11.8. The molecule has 2 aromatic rings. The van der Waals surface area contributed by atoms with Crippen molar-refractivity contribution in [3.8, 4) is 5.75 Å². The van der Waals surface area contributed by atoms with Crippen molar-refractivity contribution in [2.45, 2.75) is 58.4 Å². The van der Waals surface area contributed by atoms with Crippen molar-refractivity contribution < 1.29 is 9.53 Å². The van der Waals surface area contributed by atoms with E-state index in [1.54, 1.807) is 12.4 Å². The van der Waals surface area contributed by atoms with Crippen LogP contribution in [-0.4, -0.2) is 54.7 Å². The first-order chi connectivity index (χ1) is 16.5. The normalized spacial score (nSPS) is 18.8. The molecule has 2 saturated heterocycles. The van der Waals surface area contributed by atoms with Crippen LogP contribution in [0.4, 0.5) is 5.95 Å². The molecule has 34 heavy (non-hydrogen) atoms. The Bertz CT molecular complexity index is 931. The van der Waals surface area contributed by atoms with Crippen LogP contribution >= 0.6 is 11.6 Å². The lowest BCUT2D eigenvalue weighted by Gasteiger charge is -2.32. The molecule has 0 spiro atoms. The summed E-state index contributed by atoms with van der Waals surface area (Å²) in [7, 11) is 0. The fraction of sp³-hybridized carbons (Fsp3) is 0.577. The number of benzene rings is 1. The number of hydrogen-bond donors (Lipinski definition) is 2. The van der Waals surface area contributed by atoms with E-state index >= 15 is 0 Å². The largest absolute Gasteiger partial charge is 0.494 e. The number of ether oxygens (including phenoxy) is 1. The summed E-state index contributed by atoms with van der Waals surface area (Å²) in [5, 5.41) is 7.07. The fourth-order valence-electron chi connectivity index (χ4n) is 5.05. The number of nitrogens with one attached hydrogen (secondary N) is 2. The smallest absolute Gasteiger partial charge is 0.251 e. The van der Waals surface area contributed by atoms with Gasteiger partial charge < -0.3 is 20.3 Å². The summed E-state index contributed by atoms with van der Waals surface area (Å²) in [6.07, 6.45) is 10.1. The van der Waals surface area contributed by atoms with Gasteiger partial charge in [0, 0.05) is 31.2 Å². The molecule has 0 bridgehead atoms. The first-order valence-corrected chi connectivity index (χ1v) is 12.9. The average molecular weight is 486 g/mol. The molecule has 8 heteroatoms. The average Bonchev–Trinajstić information content (AvgIpc) is 3.35. The molecular weight excluding hydrogens is 450 g/mol. The van der Waals surface area contributed by atoms with Crippen LogP contribution in [0.25, 0.3) is 0 Å². The van der Waals surface area contributed by atoms with Crippen LogP contribution in [0.15, 0.2) is 24.5 Å². The van der Waals surface area contributed by atoms with E-state index in [4.69, 9.17) is 16.3 Å². The maximum atomic E-state index is 12.7. The topological polar surface area (TPSA) is 79.4 Å². The van der Waals surface area contributed by atoms with Crippen LogP contribution in [0.3, 0.4) is 0 Å². The summed E-state index contributed by atoms with van der Waals surface area (Å²) >= 11 is 5.89. The lowest BCUT2D eigenvalue weighted by Crippen LogP contribution is -2.37. The molecule has 7 nitrogen and oxygen atoms in total. The number of hydrogen-bond acceptors (Lipinski definition) is 6. The van der Waals surface area contributed by atoms with Gasteiger partial charge >= 0.3 is 0 Å². The molecule has 184 valence electrons. The predicted molar refractivity (Wildman–Crippen MR) is 136 cm³/mol. The van der Waals surface area contributed by atoms with E-state index in [0.29, 0.717) is 30.1 Å². The lowest BCUT2D eigenvalue weighted by atomic mass is 9.92. The number of halogens is 1. The number of amides is 1. The molecule has 2 fully saturated rings. The number of carbonyl (C=O) groups is 1. The van der Waals surface area contributed by atoms with E-state index in [1.807, 2.05) is 26.0 Å². The summed E-state index contributed by atoms with van der Waals surface area (Å²) in [6, 6.07) is 4.37. The molecule has 0 unspecified atom stereocenters. The molecule has 1 aromatic heterocycles. The highest BCUT2D eigenvalue weighted by Crippen LogP contribution is 2.26. The molecule has 0 radical (unpaired) electrons. The van der Waals surface area contributed by atoms with Gasteiger partial charge in [0.1, 0.15) is 5.75 Å². The number of piperidine rings is 1. The summed E-state index contributed by atoms with van der Waals surface area (Å²) in [5.74, 6) is 2.32. The molecule has 0 aliphatic carbocycles. The number of anilines is 1. The van der Waals surface area contributed by atoms with Crippen LogP contribution in [-0.2, 0) is 0 Å². The van der Waals surface area contributed by atoms with E-state index in [1.165, 1.54) is 6.42 Å². The Morgan fingerprint density at radius 2 is 1.88 bits per heavy atom. The van der Waals surface area contributed by atoms with Crippen LogP contribution in [0.1, 0.15) is 60.0 Å². The van der Waals surface area contributed by atoms with E-state index in [2.05, 4.69) is 25.5 Å². The minimum absolute atomic E-state index is 0.00518. The van der Waals surface area contributed by atoms with Gasteiger partial charge in [0.05, 0.1) is 24.0 Å². The molecule has 1 aromatic carbocycles. The third kappa shape index (κ3) is 6.60. The lowest BCUT2D eigenvalue weighted by molar-refractivity contribution is 0.0949. The summed E-state index contributed by atoms with van der Waals surface area (Å²) < 4.78 is 6.05. The monoisotopic (exact) mass is 485 g/mol. The van der Waals surface area contributed by atoms with Gasteiger partial charge in [0.2, 0.25) is 5.95 Å². The predicted octanol–water partition coefficient (Wildman–Crippen LogP) is 4.30. The number of carbonyl (C=O) groups excluding carboxylic acids is 1. The maximum Gasteiger partial charge on any atom is 0.251 e. The van der Waals surface area contributed by atoms with E-state index in [9.17, 15) is 4.79 Å². The van der Waals surface area contributed by atoms with Gasteiger partial charge in [0.15, 0.2) is 0 Å². The SMILES string of the molecule is Cc1cc(OCCCC2CCN(c3ncc(Cl)cn3)CC2)cc(C)c1C(=O)NC[C@@H]1CCCN1. The van der Waals surface area contributed by atoms with Crippen molar-refractivity contribution in [1.29, 1.82) is 0 Å². The number of aryl methyl sites for hydroxylation is 2. The van der Waals surface area contributed by atoms with Gasteiger partial charge in [-0.2, -0.15) is 0 Å². The highest BCUT2D eigenvalue weighted by molar-refractivity contribution is 6.30. The first-order valence-electron chi connectivity index (χ1n) is 12.5. The van der Waals surface area contributed by atoms with Gasteiger partial charge in [-0.15, -0.1) is 0 Å². The van der Waals surface area contributed by atoms with Crippen LogP contribution in [0.5, 0.6) is 5.75 Å². The third-order valence-corrected chi connectivity index (χ3v) is 7.13. The van der Waals surface area contributed by atoms with Gasteiger partial charge in [-0.25, -0.2) is 9.97 Å². The van der Waals surface area contributed by atoms with Crippen LogP contribution < -0.4 is 20.3 Å². The Labute approximate surface area is 207 Å². The van der Waals surface area contributed by atoms with Crippen molar-refractivity contribution in [3.63, 3.8) is 0 Å². The van der Waals surface area contributed by atoms with E-state index in [-0.39, 0.29) is 5.91 Å². The number of rotatable bonds is 9. The Hall–Kier alpha value is -2.38. The van der Waals surface area contributed by atoms with E-state index in [0.717, 1.165) is 80.1 Å². The first kappa shape index (κ1) is 24.7. The molecule has 2 N–H and O–H groups in total. The second-order valence-electron chi connectivity index (χ2n) is 9.56. The Balaban J connectivity index is 1.18. The third-order valence-electron chi connectivity index (χ3n) is 6.93. The van der Waals surface area contributed by atoms with Gasteiger partial charge in [-0.3, -0.25) is 4.79 Å². The number of aromatic nitrogens is 2. The highest BCUT2D eigenvalue weighted by Gasteiger charge is 2.21. The van der Waals surface area contributed by atoms with Gasteiger partial charge in [-0.05, 0) is 88.1 Å². The van der Waals surface area contributed by atoms with Crippen molar-refractivity contribution in [3.05, 3.63) is 46.2 Å². The van der Waals surface area contributed by atoms with Gasteiger partial charge in [0.25, 0.3) is 5.91 Å². The van der Waals surface area contributed by atoms with Crippen LogP contribution in [0.2, 0.25) is 5.02 Å². The Morgan fingerprint density at radius 3 is 2.53 bits per heavy atom. The summed E-state index contributed by atoms with van der Waals surface area (Å²) in [6.45, 7) is 8.35. The molecule has 2 aliphatic rings. The maximum absolute atomic E-state index is 12.7. The van der Waals surface area contributed by atoms with Gasteiger partial charge in [-0.1, -0.05) is 11.6 Å².